The van der Waals surface area contributed by atoms with E-state index in [0.29, 0.717) is 12.1 Å². The van der Waals surface area contributed by atoms with Crippen molar-refractivity contribution in [2.24, 2.45) is 5.92 Å². The van der Waals surface area contributed by atoms with Gasteiger partial charge in [-0.25, -0.2) is 0 Å². The third-order valence-corrected chi connectivity index (χ3v) is 5.14. The molecule has 0 aromatic carbocycles. The number of carboxylic acid groups (broad SMARTS) is 1. The standard InChI is InChI=1S/C14H26N2O2/c1-10(11-6-7-11)16(3)12-5-4-8-14(9-12,15-2)13(17)18/h10-12,15H,4-9H2,1-3H3,(H,17,18). The Morgan fingerprint density at radius 2 is 2.11 bits per heavy atom. The molecule has 4 nitrogen and oxygen atoms in total. The van der Waals surface area contributed by atoms with Crippen molar-refractivity contribution in [2.45, 2.75) is 63.1 Å². The zero-order valence-electron chi connectivity index (χ0n) is 11.8. The molecule has 18 heavy (non-hydrogen) atoms. The van der Waals surface area contributed by atoms with Crippen LogP contribution >= 0.6 is 0 Å². The van der Waals surface area contributed by atoms with Gasteiger partial charge in [-0.3, -0.25) is 4.79 Å². The molecular weight excluding hydrogens is 228 g/mol. The molecule has 2 rings (SSSR count). The quantitative estimate of drug-likeness (QED) is 0.784. The average Bonchev–Trinajstić information content (AvgIpc) is 3.21. The first kappa shape index (κ1) is 13.8. The molecule has 0 aliphatic heterocycles. The van der Waals surface area contributed by atoms with Crippen molar-refractivity contribution in [1.82, 2.24) is 10.2 Å². The van der Waals surface area contributed by atoms with Crippen LogP contribution in [0.15, 0.2) is 0 Å². The molecule has 2 N–H and O–H groups in total. The summed E-state index contributed by atoms with van der Waals surface area (Å²) >= 11 is 0. The molecule has 2 aliphatic rings. The maximum absolute atomic E-state index is 11.5. The van der Waals surface area contributed by atoms with Crippen LogP contribution in [-0.2, 0) is 4.79 Å². The predicted molar refractivity (Wildman–Crippen MR) is 71.6 cm³/mol. The van der Waals surface area contributed by atoms with Crippen molar-refractivity contribution >= 4 is 5.97 Å². The van der Waals surface area contributed by atoms with E-state index in [1.807, 2.05) is 0 Å². The summed E-state index contributed by atoms with van der Waals surface area (Å²) < 4.78 is 0. The van der Waals surface area contributed by atoms with Gasteiger partial charge in [-0.05, 0) is 65.5 Å². The monoisotopic (exact) mass is 254 g/mol. The molecule has 0 saturated heterocycles. The van der Waals surface area contributed by atoms with Crippen LogP contribution in [0.4, 0.5) is 0 Å². The molecule has 0 aromatic rings. The van der Waals surface area contributed by atoms with E-state index in [0.717, 1.165) is 31.6 Å². The summed E-state index contributed by atoms with van der Waals surface area (Å²) in [5, 5.41) is 12.5. The lowest BCUT2D eigenvalue weighted by atomic mass is 9.78. The number of rotatable bonds is 5. The Bertz CT molecular complexity index is 317. The molecule has 0 heterocycles. The fourth-order valence-corrected chi connectivity index (χ4v) is 3.37. The first-order chi connectivity index (χ1) is 8.50. The molecule has 4 heteroatoms. The van der Waals surface area contributed by atoms with E-state index in [2.05, 4.69) is 24.2 Å². The molecule has 2 saturated carbocycles. The first-order valence-corrected chi connectivity index (χ1v) is 7.14. The van der Waals surface area contributed by atoms with Crippen LogP contribution in [0.5, 0.6) is 0 Å². The summed E-state index contributed by atoms with van der Waals surface area (Å²) in [6.45, 7) is 2.29. The minimum atomic E-state index is -0.708. The lowest BCUT2D eigenvalue weighted by molar-refractivity contribution is -0.147. The predicted octanol–water partition coefficient (Wildman–Crippen LogP) is 1.70. The average molecular weight is 254 g/mol. The van der Waals surface area contributed by atoms with E-state index in [9.17, 15) is 9.90 Å². The number of nitrogens with zero attached hydrogens (tertiary/aromatic N) is 1. The third kappa shape index (κ3) is 2.54. The van der Waals surface area contributed by atoms with E-state index < -0.39 is 11.5 Å². The van der Waals surface area contributed by atoms with Crippen LogP contribution in [0, 0.1) is 5.92 Å². The van der Waals surface area contributed by atoms with Crippen LogP contribution < -0.4 is 5.32 Å². The Hall–Kier alpha value is -0.610. The van der Waals surface area contributed by atoms with Crippen molar-refractivity contribution in [1.29, 1.82) is 0 Å². The summed E-state index contributed by atoms with van der Waals surface area (Å²) in [5.41, 5.74) is -0.708. The number of hydrogen-bond acceptors (Lipinski definition) is 3. The highest BCUT2D eigenvalue weighted by atomic mass is 16.4. The largest absolute Gasteiger partial charge is 0.480 e. The van der Waals surface area contributed by atoms with Crippen LogP contribution in [-0.4, -0.2) is 47.7 Å². The molecule has 0 amide bonds. The van der Waals surface area contributed by atoms with Gasteiger partial charge in [0.05, 0.1) is 0 Å². The minimum absolute atomic E-state index is 0.401. The van der Waals surface area contributed by atoms with Crippen LogP contribution in [0.3, 0.4) is 0 Å². The zero-order chi connectivity index (χ0) is 13.3. The SMILES string of the molecule is CNC1(C(=O)O)CCCC(N(C)C(C)C2CC2)C1. The van der Waals surface area contributed by atoms with Crippen molar-refractivity contribution in [3.8, 4) is 0 Å². The Labute approximate surface area is 110 Å². The van der Waals surface area contributed by atoms with Gasteiger partial charge in [0.25, 0.3) is 0 Å². The number of nitrogens with one attached hydrogen (secondary N) is 1. The molecular formula is C14H26N2O2. The second-order valence-corrected chi connectivity index (χ2v) is 6.13. The summed E-state index contributed by atoms with van der Waals surface area (Å²) in [7, 11) is 3.95. The fraction of sp³-hybridized carbons (Fsp3) is 0.929. The number of aliphatic carboxylic acids is 1. The Balaban J connectivity index is 2.03. The number of hydrogen-bond donors (Lipinski definition) is 2. The van der Waals surface area contributed by atoms with Gasteiger partial charge in [-0.15, -0.1) is 0 Å². The first-order valence-electron chi connectivity index (χ1n) is 7.14. The Morgan fingerprint density at radius 3 is 2.61 bits per heavy atom. The van der Waals surface area contributed by atoms with Gasteiger partial charge in [-0.1, -0.05) is 0 Å². The molecule has 2 aliphatic carbocycles. The van der Waals surface area contributed by atoms with Gasteiger partial charge in [0.15, 0.2) is 0 Å². The molecule has 3 unspecified atom stereocenters. The highest BCUT2D eigenvalue weighted by Gasteiger charge is 2.44. The summed E-state index contributed by atoms with van der Waals surface area (Å²) in [6, 6.07) is 0.995. The lowest BCUT2D eigenvalue weighted by Gasteiger charge is -2.43. The summed E-state index contributed by atoms with van der Waals surface area (Å²) in [5.74, 6) is 0.146. The molecule has 0 bridgehead atoms. The van der Waals surface area contributed by atoms with Gasteiger partial charge >= 0.3 is 5.97 Å². The smallest absolute Gasteiger partial charge is 0.323 e. The highest BCUT2D eigenvalue weighted by Crippen LogP contribution is 2.38. The van der Waals surface area contributed by atoms with E-state index in [-0.39, 0.29) is 0 Å². The minimum Gasteiger partial charge on any atom is -0.480 e. The zero-order valence-corrected chi connectivity index (χ0v) is 11.8. The summed E-state index contributed by atoms with van der Waals surface area (Å²) in [6.07, 6.45) is 6.29. The summed E-state index contributed by atoms with van der Waals surface area (Å²) in [4.78, 5) is 13.9. The maximum Gasteiger partial charge on any atom is 0.323 e. The van der Waals surface area contributed by atoms with Crippen LogP contribution in [0.2, 0.25) is 0 Å². The van der Waals surface area contributed by atoms with Gasteiger partial charge in [0.2, 0.25) is 0 Å². The molecule has 0 aromatic heterocycles. The molecule has 0 spiro atoms. The van der Waals surface area contributed by atoms with Crippen LogP contribution in [0.25, 0.3) is 0 Å². The van der Waals surface area contributed by atoms with E-state index in [4.69, 9.17) is 0 Å². The molecule has 3 atom stereocenters. The van der Waals surface area contributed by atoms with Crippen molar-refractivity contribution in [3.63, 3.8) is 0 Å². The van der Waals surface area contributed by atoms with Gasteiger partial charge < -0.3 is 15.3 Å². The van der Waals surface area contributed by atoms with E-state index >= 15 is 0 Å². The molecule has 104 valence electrons. The number of likely N-dealkylation sites (N-methyl/N-ethyl adjacent to an activating group) is 1. The number of carboxylic acids is 1. The maximum atomic E-state index is 11.5. The lowest BCUT2D eigenvalue weighted by Crippen LogP contribution is -2.57. The second-order valence-electron chi connectivity index (χ2n) is 6.13. The van der Waals surface area contributed by atoms with Crippen LogP contribution in [0.1, 0.15) is 45.4 Å². The second kappa shape index (κ2) is 5.17. The van der Waals surface area contributed by atoms with Gasteiger partial charge in [0, 0.05) is 12.1 Å². The van der Waals surface area contributed by atoms with Gasteiger partial charge in [-0.2, -0.15) is 0 Å². The molecule has 2 fully saturated rings. The van der Waals surface area contributed by atoms with Gasteiger partial charge in [0.1, 0.15) is 5.54 Å². The Kier molecular flexibility index (Phi) is 3.97. The number of carbonyl (C=O) groups is 1. The van der Waals surface area contributed by atoms with E-state index in [1.54, 1.807) is 7.05 Å². The topological polar surface area (TPSA) is 52.6 Å². The normalized spacial score (nSPS) is 34.6. The fourth-order valence-electron chi connectivity index (χ4n) is 3.37. The highest BCUT2D eigenvalue weighted by molar-refractivity contribution is 5.79. The van der Waals surface area contributed by atoms with Crippen molar-refractivity contribution in [3.05, 3.63) is 0 Å². The van der Waals surface area contributed by atoms with E-state index in [1.165, 1.54) is 12.8 Å². The molecule has 0 radical (unpaired) electrons. The third-order valence-electron chi connectivity index (χ3n) is 5.14. The van der Waals surface area contributed by atoms with Crippen molar-refractivity contribution in [2.75, 3.05) is 14.1 Å². The Morgan fingerprint density at radius 1 is 1.44 bits per heavy atom. The van der Waals surface area contributed by atoms with Crippen molar-refractivity contribution < 1.29 is 9.90 Å².